The van der Waals surface area contributed by atoms with E-state index in [2.05, 4.69) is 39.0 Å². The molecule has 0 amide bonds. The molecule has 1 aliphatic carbocycles. The minimum atomic E-state index is 0.112. The van der Waals surface area contributed by atoms with Crippen LogP contribution in [0, 0.1) is 0 Å². The lowest BCUT2D eigenvalue weighted by molar-refractivity contribution is 0.0962. The van der Waals surface area contributed by atoms with Gasteiger partial charge in [-0.15, -0.1) is 0 Å². The molecule has 0 spiro atoms. The van der Waals surface area contributed by atoms with Crippen molar-refractivity contribution < 1.29 is 4.79 Å². The molecule has 1 aromatic heterocycles. The molecule has 30 heavy (non-hydrogen) atoms. The zero-order valence-electron chi connectivity index (χ0n) is 16.7. The van der Waals surface area contributed by atoms with Crippen LogP contribution in [0.4, 0.5) is 11.6 Å². The van der Waals surface area contributed by atoms with Gasteiger partial charge >= 0.3 is 0 Å². The molecule has 2 heterocycles. The standard InChI is InChI=1S/C24H23ClN4O/c25-19-6-4-5-17(13-19)18-14-22-21(23(30)15-18)16-26-24(27-22)29-11-9-28(10-12-29)20-7-2-1-3-8-20/h1-8,13,16,18H,9-12,14-15H2/t18-/m1/s1. The second-order valence-corrected chi connectivity index (χ2v) is 8.36. The first-order valence-corrected chi connectivity index (χ1v) is 10.7. The Balaban J connectivity index is 1.33. The van der Waals surface area contributed by atoms with E-state index in [9.17, 15) is 4.79 Å². The molecule has 1 saturated heterocycles. The molecule has 6 heteroatoms. The van der Waals surface area contributed by atoms with Crippen LogP contribution in [0.5, 0.6) is 0 Å². The number of piperazine rings is 1. The van der Waals surface area contributed by atoms with Crippen molar-refractivity contribution in [2.45, 2.75) is 18.8 Å². The van der Waals surface area contributed by atoms with Gasteiger partial charge in [-0.1, -0.05) is 41.9 Å². The zero-order valence-corrected chi connectivity index (χ0v) is 17.4. The van der Waals surface area contributed by atoms with Crippen LogP contribution in [0.25, 0.3) is 0 Å². The molecule has 0 saturated carbocycles. The molecule has 0 N–H and O–H groups in total. The van der Waals surface area contributed by atoms with Gasteiger partial charge < -0.3 is 9.80 Å². The summed E-state index contributed by atoms with van der Waals surface area (Å²) in [5.74, 6) is 0.948. The Labute approximate surface area is 181 Å². The Morgan fingerprint density at radius 2 is 1.67 bits per heavy atom. The lowest BCUT2D eigenvalue weighted by atomic mass is 9.82. The van der Waals surface area contributed by atoms with Gasteiger partial charge in [0.1, 0.15) is 0 Å². The van der Waals surface area contributed by atoms with E-state index in [1.54, 1.807) is 6.20 Å². The van der Waals surface area contributed by atoms with Crippen LogP contribution in [0.2, 0.25) is 5.02 Å². The SMILES string of the molecule is O=C1C[C@H](c2cccc(Cl)c2)Cc2nc(N3CCN(c4ccccc4)CC3)ncc21. The number of hydrogen-bond acceptors (Lipinski definition) is 5. The molecule has 2 aromatic carbocycles. The monoisotopic (exact) mass is 418 g/mol. The third-order valence-corrected chi connectivity index (χ3v) is 6.27. The Morgan fingerprint density at radius 3 is 2.43 bits per heavy atom. The highest BCUT2D eigenvalue weighted by Crippen LogP contribution is 2.33. The van der Waals surface area contributed by atoms with Crippen molar-refractivity contribution in [3.8, 4) is 0 Å². The summed E-state index contributed by atoms with van der Waals surface area (Å²) in [6.07, 6.45) is 2.93. The molecule has 152 valence electrons. The molecule has 3 aromatic rings. The Bertz CT molecular complexity index is 1060. The van der Waals surface area contributed by atoms with Crippen molar-refractivity contribution in [2.24, 2.45) is 0 Å². The quantitative estimate of drug-likeness (QED) is 0.632. The summed E-state index contributed by atoms with van der Waals surface area (Å²) in [7, 11) is 0. The van der Waals surface area contributed by atoms with Gasteiger partial charge in [0.2, 0.25) is 5.95 Å². The minimum absolute atomic E-state index is 0.112. The van der Waals surface area contributed by atoms with Crippen molar-refractivity contribution in [2.75, 3.05) is 36.0 Å². The van der Waals surface area contributed by atoms with Gasteiger partial charge in [-0.05, 0) is 42.2 Å². The van der Waals surface area contributed by atoms with Crippen molar-refractivity contribution >= 4 is 29.0 Å². The highest BCUT2D eigenvalue weighted by atomic mass is 35.5. The van der Waals surface area contributed by atoms with Crippen molar-refractivity contribution in [3.05, 3.63) is 82.6 Å². The Kier molecular flexibility index (Phi) is 5.13. The maximum atomic E-state index is 12.7. The number of ketones is 1. The summed E-state index contributed by atoms with van der Waals surface area (Å²) in [5.41, 5.74) is 3.86. The topological polar surface area (TPSA) is 49.3 Å². The highest BCUT2D eigenvalue weighted by Gasteiger charge is 2.29. The van der Waals surface area contributed by atoms with E-state index in [-0.39, 0.29) is 11.7 Å². The molecule has 1 fully saturated rings. The van der Waals surface area contributed by atoms with E-state index in [1.807, 2.05) is 30.3 Å². The van der Waals surface area contributed by atoms with Crippen LogP contribution in [-0.4, -0.2) is 41.9 Å². The molecule has 0 radical (unpaired) electrons. The fraction of sp³-hybridized carbons (Fsp3) is 0.292. The van der Waals surface area contributed by atoms with Crippen molar-refractivity contribution in [1.82, 2.24) is 9.97 Å². The molecule has 5 rings (SSSR count). The number of hydrogen-bond donors (Lipinski definition) is 0. The summed E-state index contributed by atoms with van der Waals surface area (Å²) in [5, 5.41) is 0.699. The number of carbonyl (C=O) groups is 1. The van der Waals surface area contributed by atoms with Gasteiger partial charge in [0, 0.05) is 49.5 Å². The number of aromatic nitrogens is 2. The lowest BCUT2D eigenvalue weighted by Crippen LogP contribution is -2.47. The minimum Gasteiger partial charge on any atom is -0.368 e. The summed E-state index contributed by atoms with van der Waals surface area (Å²) < 4.78 is 0. The van der Waals surface area contributed by atoms with E-state index < -0.39 is 0 Å². The van der Waals surface area contributed by atoms with Crippen LogP contribution in [0.3, 0.4) is 0 Å². The smallest absolute Gasteiger partial charge is 0.225 e. The number of rotatable bonds is 3. The number of nitrogens with zero attached hydrogens (tertiary/aromatic N) is 4. The molecule has 1 aliphatic heterocycles. The predicted octanol–water partition coefficient (Wildman–Crippen LogP) is 4.37. The number of anilines is 2. The predicted molar refractivity (Wildman–Crippen MR) is 120 cm³/mol. The second-order valence-electron chi connectivity index (χ2n) is 7.92. The number of Topliss-reactive ketones (excluding diaryl/α,β-unsaturated/α-hetero) is 1. The third-order valence-electron chi connectivity index (χ3n) is 6.03. The van der Waals surface area contributed by atoms with E-state index in [0.717, 1.165) is 49.8 Å². The number of carbonyl (C=O) groups excluding carboxylic acids is 1. The summed E-state index contributed by atoms with van der Waals surface area (Å²) >= 11 is 6.16. The molecule has 0 bridgehead atoms. The van der Waals surface area contributed by atoms with E-state index in [4.69, 9.17) is 16.6 Å². The van der Waals surface area contributed by atoms with Gasteiger partial charge in [-0.3, -0.25) is 4.79 Å². The van der Waals surface area contributed by atoms with Gasteiger partial charge in [0.05, 0.1) is 11.3 Å². The fourth-order valence-electron chi connectivity index (χ4n) is 4.39. The maximum absolute atomic E-state index is 12.7. The normalized spacial score (nSPS) is 19.0. The second kappa shape index (κ2) is 8.07. The van der Waals surface area contributed by atoms with Crippen LogP contribution in [0.1, 0.15) is 34.0 Å². The van der Waals surface area contributed by atoms with E-state index in [1.165, 1.54) is 5.69 Å². The number of benzene rings is 2. The van der Waals surface area contributed by atoms with Crippen LogP contribution in [-0.2, 0) is 6.42 Å². The molecule has 0 unspecified atom stereocenters. The summed E-state index contributed by atoms with van der Waals surface area (Å²) in [6.45, 7) is 3.57. The van der Waals surface area contributed by atoms with Gasteiger partial charge in [0.15, 0.2) is 5.78 Å². The number of fused-ring (bicyclic) bond motifs is 1. The van der Waals surface area contributed by atoms with E-state index >= 15 is 0 Å². The molecular weight excluding hydrogens is 396 g/mol. The largest absolute Gasteiger partial charge is 0.368 e. The highest BCUT2D eigenvalue weighted by molar-refractivity contribution is 6.30. The van der Waals surface area contributed by atoms with Crippen molar-refractivity contribution in [3.63, 3.8) is 0 Å². The van der Waals surface area contributed by atoms with Crippen LogP contribution < -0.4 is 9.80 Å². The summed E-state index contributed by atoms with van der Waals surface area (Å²) in [6, 6.07) is 18.3. The van der Waals surface area contributed by atoms with Crippen LogP contribution in [0.15, 0.2) is 60.8 Å². The zero-order chi connectivity index (χ0) is 20.5. The van der Waals surface area contributed by atoms with Gasteiger partial charge in [-0.25, -0.2) is 9.97 Å². The summed E-state index contributed by atoms with van der Waals surface area (Å²) in [4.78, 5) is 26.7. The first-order valence-electron chi connectivity index (χ1n) is 10.4. The van der Waals surface area contributed by atoms with Gasteiger partial charge in [-0.2, -0.15) is 0 Å². The lowest BCUT2D eigenvalue weighted by Gasteiger charge is -2.36. The molecule has 5 nitrogen and oxygen atoms in total. The van der Waals surface area contributed by atoms with E-state index in [0.29, 0.717) is 17.0 Å². The van der Waals surface area contributed by atoms with Gasteiger partial charge in [0.25, 0.3) is 0 Å². The maximum Gasteiger partial charge on any atom is 0.225 e. The first kappa shape index (κ1) is 19.1. The average Bonchev–Trinajstić information content (AvgIpc) is 2.79. The fourth-order valence-corrected chi connectivity index (χ4v) is 4.59. The Hall–Kier alpha value is -2.92. The number of halogens is 1. The average molecular weight is 419 g/mol. The molecule has 1 atom stereocenters. The van der Waals surface area contributed by atoms with Crippen LogP contribution >= 0.6 is 11.6 Å². The molecule has 2 aliphatic rings. The Morgan fingerprint density at radius 1 is 0.900 bits per heavy atom. The molecular formula is C24H23ClN4O. The number of para-hydroxylation sites is 1. The van der Waals surface area contributed by atoms with Crippen molar-refractivity contribution in [1.29, 1.82) is 0 Å². The third kappa shape index (κ3) is 3.77. The first-order chi connectivity index (χ1) is 14.7.